The molecule has 1 aromatic rings. The molecule has 3 rings (SSSR count). The van der Waals surface area contributed by atoms with Crippen molar-refractivity contribution in [3.63, 3.8) is 0 Å². The van der Waals surface area contributed by atoms with E-state index in [9.17, 15) is 4.79 Å². The van der Waals surface area contributed by atoms with Crippen LogP contribution in [0.3, 0.4) is 0 Å². The Labute approximate surface area is 136 Å². The molecule has 122 valence electrons. The zero-order chi connectivity index (χ0) is 15.4. The molecule has 2 aliphatic heterocycles. The fourth-order valence-corrected chi connectivity index (χ4v) is 4.10. The monoisotopic (exact) mass is 323 g/mol. The van der Waals surface area contributed by atoms with Crippen molar-refractivity contribution in [3.8, 4) is 0 Å². The molecular formula is C16H25N3O2S. The molecule has 3 heterocycles. The summed E-state index contributed by atoms with van der Waals surface area (Å²) in [4.78, 5) is 22.2. The smallest absolute Gasteiger partial charge is 0.223 e. The Morgan fingerprint density at radius 1 is 1.45 bits per heavy atom. The van der Waals surface area contributed by atoms with E-state index in [0.717, 1.165) is 37.7 Å². The van der Waals surface area contributed by atoms with E-state index in [4.69, 9.17) is 4.74 Å². The summed E-state index contributed by atoms with van der Waals surface area (Å²) < 4.78 is 5.84. The van der Waals surface area contributed by atoms with E-state index in [2.05, 4.69) is 16.8 Å². The molecule has 2 saturated heterocycles. The SMILES string of the molecule is CCCCN1CCOC[C@]2(CC(=O)N(Cc3cncs3)C2)C1. The van der Waals surface area contributed by atoms with Crippen LogP contribution in [0.4, 0.5) is 0 Å². The van der Waals surface area contributed by atoms with E-state index >= 15 is 0 Å². The molecule has 22 heavy (non-hydrogen) atoms. The van der Waals surface area contributed by atoms with Crippen LogP contribution in [-0.2, 0) is 16.1 Å². The van der Waals surface area contributed by atoms with Crippen molar-refractivity contribution in [1.82, 2.24) is 14.8 Å². The summed E-state index contributed by atoms with van der Waals surface area (Å²) in [6.07, 6.45) is 4.91. The summed E-state index contributed by atoms with van der Waals surface area (Å²) in [5.41, 5.74) is 1.80. The van der Waals surface area contributed by atoms with Crippen molar-refractivity contribution in [2.75, 3.05) is 39.4 Å². The topological polar surface area (TPSA) is 45.7 Å². The molecule has 1 spiro atoms. The van der Waals surface area contributed by atoms with Gasteiger partial charge in [0.05, 0.1) is 25.3 Å². The summed E-state index contributed by atoms with van der Waals surface area (Å²) in [6.45, 7) is 8.31. The van der Waals surface area contributed by atoms with Gasteiger partial charge in [0.2, 0.25) is 5.91 Å². The van der Waals surface area contributed by atoms with Crippen LogP contribution in [0.1, 0.15) is 31.1 Å². The average molecular weight is 323 g/mol. The second kappa shape index (κ2) is 7.06. The third-order valence-corrected chi connectivity index (χ3v) is 5.35. The van der Waals surface area contributed by atoms with Gasteiger partial charge in [-0.25, -0.2) is 0 Å². The van der Waals surface area contributed by atoms with E-state index in [1.54, 1.807) is 11.3 Å². The van der Waals surface area contributed by atoms with Crippen LogP contribution in [0.2, 0.25) is 0 Å². The second-order valence-electron chi connectivity index (χ2n) is 6.58. The van der Waals surface area contributed by atoms with Crippen LogP contribution >= 0.6 is 11.3 Å². The van der Waals surface area contributed by atoms with E-state index in [0.29, 0.717) is 19.6 Å². The van der Waals surface area contributed by atoms with E-state index in [1.165, 1.54) is 12.8 Å². The molecule has 0 radical (unpaired) electrons. The molecule has 2 aliphatic rings. The Hall–Kier alpha value is -0.980. The highest BCUT2D eigenvalue weighted by molar-refractivity contribution is 7.09. The van der Waals surface area contributed by atoms with Gasteiger partial charge in [0.15, 0.2) is 0 Å². The molecule has 0 unspecified atom stereocenters. The summed E-state index contributed by atoms with van der Waals surface area (Å²) in [7, 11) is 0. The number of thiazole rings is 1. The molecule has 6 heteroatoms. The number of aromatic nitrogens is 1. The van der Waals surface area contributed by atoms with Crippen molar-refractivity contribution < 1.29 is 9.53 Å². The molecule has 2 fully saturated rings. The number of ether oxygens (including phenoxy) is 1. The second-order valence-corrected chi connectivity index (χ2v) is 7.55. The summed E-state index contributed by atoms with van der Waals surface area (Å²) in [5, 5.41) is 0. The van der Waals surface area contributed by atoms with Crippen LogP contribution in [0, 0.1) is 5.41 Å². The lowest BCUT2D eigenvalue weighted by Gasteiger charge is -2.31. The minimum Gasteiger partial charge on any atom is -0.379 e. The molecule has 5 nitrogen and oxygen atoms in total. The van der Waals surface area contributed by atoms with Crippen LogP contribution in [0.15, 0.2) is 11.7 Å². The maximum atomic E-state index is 12.4. The highest BCUT2D eigenvalue weighted by Crippen LogP contribution is 2.35. The average Bonchev–Trinajstić information content (AvgIpc) is 3.05. The number of nitrogens with zero attached hydrogens (tertiary/aromatic N) is 3. The van der Waals surface area contributed by atoms with Gasteiger partial charge in [-0.3, -0.25) is 9.78 Å². The van der Waals surface area contributed by atoms with E-state index < -0.39 is 0 Å². The van der Waals surface area contributed by atoms with Crippen molar-refractivity contribution in [3.05, 3.63) is 16.6 Å². The Balaban J connectivity index is 1.65. The highest BCUT2D eigenvalue weighted by Gasteiger charge is 2.45. The molecule has 0 bridgehead atoms. The van der Waals surface area contributed by atoms with Gasteiger partial charge in [0, 0.05) is 42.5 Å². The predicted octanol–water partition coefficient (Wildman–Crippen LogP) is 1.99. The number of carbonyl (C=O) groups excluding carboxylic acids is 1. The van der Waals surface area contributed by atoms with Crippen LogP contribution in [0.25, 0.3) is 0 Å². The van der Waals surface area contributed by atoms with Gasteiger partial charge in [-0.15, -0.1) is 11.3 Å². The molecule has 0 aliphatic carbocycles. The Morgan fingerprint density at radius 2 is 2.36 bits per heavy atom. The van der Waals surface area contributed by atoms with E-state index in [-0.39, 0.29) is 11.3 Å². The van der Waals surface area contributed by atoms with Crippen molar-refractivity contribution in [2.45, 2.75) is 32.7 Å². The van der Waals surface area contributed by atoms with Gasteiger partial charge < -0.3 is 14.5 Å². The standard InChI is InChI=1S/C16H25N3O2S/c1-2-3-4-18-5-6-21-12-16(10-18)7-15(20)19(11-16)9-14-8-17-13-22-14/h8,13H,2-7,9-12H2,1H3/t16-/m1/s1. The third kappa shape index (κ3) is 3.67. The largest absolute Gasteiger partial charge is 0.379 e. The lowest BCUT2D eigenvalue weighted by molar-refractivity contribution is -0.128. The molecule has 0 aromatic carbocycles. The predicted molar refractivity (Wildman–Crippen MR) is 86.7 cm³/mol. The maximum Gasteiger partial charge on any atom is 0.223 e. The zero-order valence-corrected chi connectivity index (χ0v) is 14.1. The Kier molecular flexibility index (Phi) is 5.10. The number of unbranched alkanes of at least 4 members (excludes halogenated alkanes) is 1. The first-order valence-corrected chi connectivity index (χ1v) is 9.04. The van der Waals surface area contributed by atoms with Crippen molar-refractivity contribution in [1.29, 1.82) is 0 Å². The van der Waals surface area contributed by atoms with Gasteiger partial charge in [-0.05, 0) is 13.0 Å². The first kappa shape index (κ1) is 15.9. The fraction of sp³-hybridized carbons (Fsp3) is 0.750. The maximum absolute atomic E-state index is 12.4. The van der Waals surface area contributed by atoms with Crippen molar-refractivity contribution >= 4 is 17.2 Å². The van der Waals surface area contributed by atoms with Crippen LogP contribution < -0.4 is 0 Å². The fourth-order valence-electron chi connectivity index (χ4n) is 3.49. The number of rotatable bonds is 5. The molecule has 1 atom stereocenters. The first-order chi connectivity index (χ1) is 10.7. The summed E-state index contributed by atoms with van der Waals surface area (Å²) in [5.74, 6) is 0.259. The molecule has 1 aromatic heterocycles. The number of amides is 1. The summed E-state index contributed by atoms with van der Waals surface area (Å²) >= 11 is 1.62. The van der Waals surface area contributed by atoms with Gasteiger partial charge in [0.25, 0.3) is 0 Å². The molecular weight excluding hydrogens is 298 g/mol. The number of hydrogen-bond acceptors (Lipinski definition) is 5. The zero-order valence-electron chi connectivity index (χ0n) is 13.3. The van der Waals surface area contributed by atoms with Gasteiger partial charge in [0.1, 0.15) is 0 Å². The van der Waals surface area contributed by atoms with Crippen LogP contribution in [-0.4, -0.2) is 60.1 Å². The normalized spacial score (nSPS) is 26.8. The van der Waals surface area contributed by atoms with Gasteiger partial charge >= 0.3 is 0 Å². The number of hydrogen-bond donors (Lipinski definition) is 0. The van der Waals surface area contributed by atoms with Crippen LogP contribution in [0.5, 0.6) is 0 Å². The minimum atomic E-state index is -0.0218. The molecule has 1 amide bonds. The molecule has 0 saturated carbocycles. The van der Waals surface area contributed by atoms with Gasteiger partial charge in [-0.2, -0.15) is 0 Å². The van der Waals surface area contributed by atoms with Crippen molar-refractivity contribution in [2.24, 2.45) is 5.41 Å². The lowest BCUT2D eigenvalue weighted by Crippen LogP contribution is -2.41. The number of likely N-dealkylation sites (tertiary alicyclic amines) is 1. The Bertz CT molecular complexity index is 494. The van der Waals surface area contributed by atoms with E-state index in [1.807, 2.05) is 16.6 Å². The number of carbonyl (C=O) groups is 1. The third-order valence-electron chi connectivity index (χ3n) is 4.58. The lowest BCUT2D eigenvalue weighted by atomic mass is 9.87. The Morgan fingerprint density at radius 3 is 3.14 bits per heavy atom. The quantitative estimate of drug-likeness (QED) is 0.831. The highest BCUT2D eigenvalue weighted by atomic mass is 32.1. The first-order valence-electron chi connectivity index (χ1n) is 8.16. The van der Waals surface area contributed by atoms with Gasteiger partial charge in [-0.1, -0.05) is 13.3 Å². The molecule has 0 N–H and O–H groups in total. The summed E-state index contributed by atoms with van der Waals surface area (Å²) in [6, 6.07) is 0. The minimum absolute atomic E-state index is 0.0218.